The molecule has 0 N–H and O–H groups in total. The molecule has 0 aromatic carbocycles. The first kappa shape index (κ1) is 10.4. The Morgan fingerprint density at radius 2 is 1.93 bits per heavy atom. The van der Waals surface area contributed by atoms with Gasteiger partial charge in [0.15, 0.2) is 0 Å². The second-order valence-corrected chi connectivity index (χ2v) is 4.30. The minimum absolute atomic E-state index is 0.228. The van der Waals surface area contributed by atoms with Gasteiger partial charge in [0, 0.05) is 5.92 Å². The van der Waals surface area contributed by atoms with Crippen molar-refractivity contribution in [2.24, 2.45) is 0 Å². The minimum atomic E-state index is 0.228. The highest BCUT2D eigenvalue weighted by molar-refractivity contribution is 5.67. The molecule has 0 aliphatic heterocycles. The number of aromatic nitrogens is 1. The van der Waals surface area contributed by atoms with Crippen LogP contribution in [0.5, 0.6) is 0 Å². The fourth-order valence-electron chi connectivity index (χ4n) is 2.41. The van der Waals surface area contributed by atoms with Crippen molar-refractivity contribution in [2.45, 2.75) is 51.4 Å². The van der Waals surface area contributed by atoms with Gasteiger partial charge in [-0.2, -0.15) is 0 Å². The van der Waals surface area contributed by atoms with Crippen LogP contribution in [0.15, 0.2) is 4.42 Å². The van der Waals surface area contributed by atoms with Crippen molar-refractivity contribution < 1.29 is 9.21 Å². The Balaban J connectivity index is 2.18. The van der Waals surface area contributed by atoms with Crippen LogP contribution in [0, 0.1) is 6.92 Å². The summed E-state index contributed by atoms with van der Waals surface area (Å²) < 4.78 is 5.28. The lowest BCUT2D eigenvalue weighted by molar-refractivity contribution is 0.109. The molecule has 1 aromatic rings. The third-order valence-corrected chi connectivity index (χ3v) is 3.19. The van der Waals surface area contributed by atoms with Gasteiger partial charge in [-0.25, -0.2) is 4.98 Å². The lowest BCUT2D eigenvalue weighted by Gasteiger charge is -2.10. The van der Waals surface area contributed by atoms with E-state index in [0.717, 1.165) is 11.5 Å². The number of hydrogen-bond donors (Lipinski definition) is 0. The SMILES string of the molecule is Cc1oc(C=O)nc1C1CCCCCC1. The van der Waals surface area contributed by atoms with Gasteiger partial charge in [-0.05, 0) is 19.8 Å². The molecule has 0 spiro atoms. The van der Waals surface area contributed by atoms with Crippen molar-refractivity contribution in [3.8, 4) is 0 Å². The van der Waals surface area contributed by atoms with Crippen molar-refractivity contribution in [1.29, 1.82) is 0 Å². The van der Waals surface area contributed by atoms with Crippen LogP contribution in [0.2, 0.25) is 0 Å². The maximum Gasteiger partial charge on any atom is 0.260 e. The third kappa shape index (κ3) is 2.28. The zero-order valence-corrected chi connectivity index (χ0v) is 9.16. The molecule has 15 heavy (non-hydrogen) atoms. The van der Waals surface area contributed by atoms with Crippen molar-refractivity contribution >= 4 is 6.29 Å². The van der Waals surface area contributed by atoms with Gasteiger partial charge in [0.25, 0.3) is 5.89 Å². The first-order chi connectivity index (χ1) is 7.31. The van der Waals surface area contributed by atoms with E-state index in [2.05, 4.69) is 4.98 Å². The molecule has 0 radical (unpaired) electrons. The zero-order valence-electron chi connectivity index (χ0n) is 9.16. The highest BCUT2D eigenvalue weighted by Crippen LogP contribution is 2.32. The Labute approximate surface area is 89.9 Å². The molecule has 0 atom stereocenters. The normalized spacial score (nSPS) is 18.7. The molecule has 1 aliphatic rings. The van der Waals surface area contributed by atoms with Crippen LogP contribution in [0.1, 0.15) is 66.6 Å². The van der Waals surface area contributed by atoms with E-state index in [1.54, 1.807) is 0 Å². The van der Waals surface area contributed by atoms with Gasteiger partial charge in [-0.1, -0.05) is 25.7 Å². The molecule has 1 aliphatic carbocycles. The topological polar surface area (TPSA) is 43.1 Å². The summed E-state index contributed by atoms with van der Waals surface area (Å²) in [6.45, 7) is 1.90. The minimum Gasteiger partial charge on any atom is -0.439 e. The van der Waals surface area contributed by atoms with Gasteiger partial charge in [0.1, 0.15) is 5.76 Å². The first-order valence-corrected chi connectivity index (χ1v) is 5.74. The van der Waals surface area contributed by atoms with E-state index in [-0.39, 0.29) is 5.89 Å². The molecule has 2 rings (SSSR count). The van der Waals surface area contributed by atoms with Gasteiger partial charge in [0.2, 0.25) is 6.29 Å². The maximum absolute atomic E-state index is 10.6. The van der Waals surface area contributed by atoms with E-state index < -0.39 is 0 Å². The maximum atomic E-state index is 10.6. The Bertz CT molecular complexity index is 335. The van der Waals surface area contributed by atoms with E-state index in [0.29, 0.717) is 12.2 Å². The quantitative estimate of drug-likeness (QED) is 0.552. The molecule has 3 heteroatoms. The molecule has 3 nitrogen and oxygen atoms in total. The van der Waals surface area contributed by atoms with E-state index in [4.69, 9.17) is 4.42 Å². The second kappa shape index (κ2) is 4.60. The van der Waals surface area contributed by atoms with Crippen LogP contribution in [-0.4, -0.2) is 11.3 Å². The lowest BCUT2D eigenvalue weighted by atomic mass is 9.96. The van der Waals surface area contributed by atoms with E-state index in [1.165, 1.54) is 38.5 Å². The Morgan fingerprint density at radius 3 is 2.47 bits per heavy atom. The average molecular weight is 207 g/mol. The summed E-state index contributed by atoms with van der Waals surface area (Å²) in [5, 5.41) is 0. The molecule has 0 bridgehead atoms. The molecule has 1 heterocycles. The van der Waals surface area contributed by atoms with Crippen LogP contribution in [0.3, 0.4) is 0 Å². The molecule has 82 valence electrons. The zero-order chi connectivity index (χ0) is 10.7. The molecule has 0 saturated heterocycles. The van der Waals surface area contributed by atoms with E-state index >= 15 is 0 Å². The summed E-state index contributed by atoms with van der Waals surface area (Å²) in [4.78, 5) is 14.8. The van der Waals surface area contributed by atoms with Gasteiger partial charge in [-0.15, -0.1) is 0 Å². The fourth-order valence-corrected chi connectivity index (χ4v) is 2.41. The van der Waals surface area contributed by atoms with Crippen LogP contribution < -0.4 is 0 Å². The molecular formula is C12H17NO2. The Hall–Kier alpha value is -1.12. The predicted octanol–water partition coefficient (Wildman–Crippen LogP) is 3.23. The number of rotatable bonds is 2. The van der Waals surface area contributed by atoms with E-state index in [1.807, 2.05) is 6.92 Å². The molecular weight excluding hydrogens is 190 g/mol. The molecule has 1 saturated carbocycles. The van der Waals surface area contributed by atoms with Crippen molar-refractivity contribution in [1.82, 2.24) is 4.98 Å². The third-order valence-electron chi connectivity index (χ3n) is 3.19. The summed E-state index contributed by atoms with van der Waals surface area (Å²) in [5.74, 6) is 1.56. The average Bonchev–Trinajstić information content (AvgIpc) is 2.48. The smallest absolute Gasteiger partial charge is 0.260 e. The first-order valence-electron chi connectivity index (χ1n) is 5.74. The predicted molar refractivity (Wildman–Crippen MR) is 57.1 cm³/mol. The van der Waals surface area contributed by atoms with Crippen LogP contribution in [-0.2, 0) is 0 Å². The van der Waals surface area contributed by atoms with E-state index in [9.17, 15) is 4.79 Å². The largest absolute Gasteiger partial charge is 0.439 e. The van der Waals surface area contributed by atoms with Crippen molar-refractivity contribution in [2.75, 3.05) is 0 Å². The van der Waals surface area contributed by atoms with Gasteiger partial charge in [-0.3, -0.25) is 4.79 Å². The van der Waals surface area contributed by atoms with Crippen LogP contribution in [0.4, 0.5) is 0 Å². The van der Waals surface area contributed by atoms with Gasteiger partial charge >= 0.3 is 0 Å². The number of hydrogen-bond acceptors (Lipinski definition) is 3. The van der Waals surface area contributed by atoms with Crippen LogP contribution in [0.25, 0.3) is 0 Å². The number of nitrogens with zero attached hydrogens (tertiary/aromatic N) is 1. The van der Waals surface area contributed by atoms with Gasteiger partial charge in [0.05, 0.1) is 5.69 Å². The Morgan fingerprint density at radius 1 is 1.27 bits per heavy atom. The summed E-state index contributed by atoms with van der Waals surface area (Å²) >= 11 is 0. The highest BCUT2D eigenvalue weighted by Gasteiger charge is 2.20. The summed E-state index contributed by atoms with van der Waals surface area (Å²) in [6.07, 6.45) is 8.26. The number of carbonyl (C=O) groups excluding carboxylic acids is 1. The fraction of sp³-hybridized carbons (Fsp3) is 0.667. The monoisotopic (exact) mass is 207 g/mol. The molecule has 1 fully saturated rings. The number of carbonyl (C=O) groups is 1. The second-order valence-electron chi connectivity index (χ2n) is 4.30. The van der Waals surface area contributed by atoms with Crippen LogP contribution >= 0.6 is 0 Å². The molecule has 1 aromatic heterocycles. The van der Waals surface area contributed by atoms with Crippen molar-refractivity contribution in [3.05, 3.63) is 17.3 Å². The highest BCUT2D eigenvalue weighted by atomic mass is 16.4. The summed E-state index contributed by atoms with van der Waals surface area (Å²) in [5.41, 5.74) is 1.01. The summed E-state index contributed by atoms with van der Waals surface area (Å²) in [6, 6.07) is 0. The van der Waals surface area contributed by atoms with Crippen molar-refractivity contribution in [3.63, 3.8) is 0 Å². The lowest BCUT2D eigenvalue weighted by Crippen LogP contribution is -1.99. The number of oxazole rings is 1. The molecule has 0 amide bonds. The number of aldehydes is 1. The molecule has 0 unspecified atom stereocenters. The standard InChI is InChI=1S/C12H17NO2/c1-9-12(13-11(8-14)15-9)10-6-4-2-3-5-7-10/h8,10H,2-7H2,1H3. The number of aryl methyl sites for hydroxylation is 1. The Kier molecular flexibility index (Phi) is 3.19. The van der Waals surface area contributed by atoms with Gasteiger partial charge < -0.3 is 4.42 Å². The summed E-state index contributed by atoms with van der Waals surface area (Å²) in [7, 11) is 0.